The van der Waals surface area contributed by atoms with E-state index in [-0.39, 0.29) is 24.5 Å². The van der Waals surface area contributed by atoms with Crippen LogP contribution in [0.15, 0.2) is 36.4 Å². The van der Waals surface area contributed by atoms with Gasteiger partial charge in [0.25, 0.3) is 0 Å². The second kappa shape index (κ2) is 9.95. The van der Waals surface area contributed by atoms with E-state index in [2.05, 4.69) is 15.3 Å². The van der Waals surface area contributed by atoms with Gasteiger partial charge in [-0.05, 0) is 49.2 Å². The zero-order valence-electron chi connectivity index (χ0n) is 19.9. The fraction of sp³-hybridized carbons (Fsp3) is 0.385. The number of halogens is 1. The molecule has 0 unspecified atom stereocenters. The van der Waals surface area contributed by atoms with Crippen molar-refractivity contribution in [2.24, 2.45) is 7.05 Å². The highest BCUT2D eigenvalue weighted by Crippen LogP contribution is 2.31. The lowest BCUT2D eigenvalue weighted by atomic mass is 9.94. The lowest BCUT2D eigenvalue weighted by molar-refractivity contribution is -0.132. The predicted molar refractivity (Wildman–Crippen MR) is 142 cm³/mol. The van der Waals surface area contributed by atoms with Gasteiger partial charge in [0.05, 0.1) is 21.3 Å². The van der Waals surface area contributed by atoms with E-state index < -0.39 is 0 Å². The van der Waals surface area contributed by atoms with Gasteiger partial charge in [0.15, 0.2) is 10.9 Å². The summed E-state index contributed by atoms with van der Waals surface area (Å²) in [6.07, 6.45) is 6.17. The quantitative estimate of drug-likeness (QED) is 0.294. The van der Waals surface area contributed by atoms with Crippen LogP contribution in [0, 0.1) is 0 Å². The number of hydrogen-bond acceptors (Lipinski definition) is 6. The van der Waals surface area contributed by atoms with Crippen molar-refractivity contribution in [3.8, 4) is 0 Å². The number of carbonyl (C=O) groups is 2. The first-order valence-electron chi connectivity index (χ1n) is 12.0. The molecule has 0 bridgehead atoms. The molecular formula is C26H28ClN5O2S. The average molecular weight is 510 g/mol. The van der Waals surface area contributed by atoms with Crippen LogP contribution in [-0.2, 0) is 11.8 Å². The van der Waals surface area contributed by atoms with Crippen LogP contribution in [0.1, 0.15) is 55.3 Å². The summed E-state index contributed by atoms with van der Waals surface area (Å²) in [5.74, 6) is 0.646. The van der Waals surface area contributed by atoms with Crippen molar-refractivity contribution in [1.82, 2.24) is 19.4 Å². The van der Waals surface area contributed by atoms with Gasteiger partial charge in [-0.3, -0.25) is 9.59 Å². The van der Waals surface area contributed by atoms with Gasteiger partial charge in [0.2, 0.25) is 11.9 Å². The number of carbonyl (C=O) groups excluding carboxylic acids is 2. The van der Waals surface area contributed by atoms with Crippen molar-refractivity contribution in [3.05, 3.63) is 47.0 Å². The number of rotatable bonds is 7. The van der Waals surface area contributed by atoms with Crippen LogP contribution in [0.4, 0.5) is 11.1 Å². The Bertz CT molecular complexity index is 1410. The molecule has 0 atom stereocenters. The molecule has 2 heterocycles. The standard InChI is InChI=1S/C26H28ClN5O2S/c1-31(18-6-4-3-5-7-18)24(34)13-12-22(33)16-8-11-21-20(14-16)28-25(32(21)2)30-26-29-19-10-9-17(27)15-23(19)35-26/h8-11,14-15,18H,3-7,12-13H2,1-2H3,(H,28,29,30). The number of nitrogens with one attached hydrogen (secondary N) is 1. The zero-order valence-corrected chi connectivity index (χ0v) is 21.5. The molecule has 35 heavy (non-hydrogen) atoms. The molecule has 5 rings (SSSR count). The third-order valence-corrected chi connectivity index (χ3v) is 8.02. The second-order valence-electron chi connectivity index (χ2n) is 9.17. The summed E-state index contributed by atoms with van der Waals surface area (Å²) in [4.78, 5) is 36.6. The molecule has 9 heteroatoms. The van der Waals surface area contributed by atoms with Gasteiger partial charge >= 0.3 is 0 Å². The van der Waals surface area contributed by atoms with Crippen LogP contribution < -0.4 is 5.32 Å². The highest BCUT2D eigenvalue weighted by molar-refractivity contribution is 7.22. The maximum absolute atomic E-state index is 12.9. The SMILES string of the molecule is CN(C(=O)CCC(=O)c1ccc2c(c1)nc(Nc1nc3ccc(Cl)cc3s1)n2C)C1CCCCC1. The van der Waals surface area contributed by atoms with Gasteiger partial charge in [0, 0.05) is 43.6 Å². The molecule has 1 fully saturated rings. The molecule has 1 amide bonds. The summed E-state index contributed by atoms with van der Waals surface area (Å²) in [7, 11) is 3.79. The van der Waals surface area contributed by atoms with E-state index >= 15 is 0 Å². The molecule has 1 N–H and O–H groups in total. The number of aryl methyl sites for hydroxylation is 1. The van der Waals surface area contributed by atoms with Crippen molar-refractivity contribution in [2.75, 3.05) is 12.4 Å². The van der Waals surface area contributed by atoms with Crippen molar-refractivity contribution in [1.29, 1.82) is 0 Å². The smallest absolute Gasteiger partial charge is 0.223 e. The lowest BCUT2D eigenvalue weighted by Crippen LogP contribution is -2.38. The van der Waals surface area contributed by atoms with E-state index in [1.165, 1.54) is 30.6 Å². The minimum Gasteiger partial charge on any atom is -0.343 e. The Morgan fingerprint density at radius 2 is 1.89 bits per heavy atom. The van der Waals surface area contributed by atoms with E-state index in [9.17, 15) is 9.59 Å². The van der Waals surface area contributed by atoms with Crippen LogP contribution >= 0.6 is 22.9 Å². The van der Waals surface area contributed by atoms with E-state index in [0.717, 1.165) is 39.2 Å². The van der Waals surface area contributed by atoms with Crippen LogP contribution in [0.3, 0.4) is 0 Å². The Labute approximate surface area is 213 Å². The fourth-order valence-corrected chi connectivity index (χ4v) is 5.88. The van der Waals surface area contributed by atoms with Gasteiger partial charge in [-0.25, -0.2) is 9.97 Å². The molecule has 1 aliphatic carbocycles. The lowest BCUT2D eigenvalue weighted by Gasteiger charge is -2.31. The fourth-order valence-electron chi connectivity index (χ4n) is 4.75. The Hall–Kier alpha value is -2.97. The number of Topliss-reactive ketones (excluding diaryl/α,β-unsaturated/α-hetero) is 1. The molecule has 0 saturated heterocycles. The van der Waals surface area contributed by atoms with Crippen molar-refractivity contribution < 1.29 is 9.59 Å². The summed E-state index contributed by atoms with van der Waals surface area (Å²) in [6.45, 7) is 0. The maximum Gasteiger partial charge on any atom is 0.223 e. The predicted octanol–water partition coefficient (Wildman–Crippen LogP) is 6.33. The van der Waals surface area contributed by atoms with Crippen LogP contribution in [-0.4, -0.2) is 44.2 Å². The van der Waals surface area contributed by atoms with Gasteiger partial charge < -0.3 is 14.8 Å². The molecule has 7 nitrogen and oxygen atoms in total. The van der Waals surface area contributed by atoms with E-state index in [4.69, 9.17) is 11.6 Å². The Morgan fingerprint density at radius 1 is 1.09 bits per heavy atom. The first-order valence-corrected chi connectivity index (χ1v) is 13.2. The molecule has 182 valence electrons. The minimum atomic E-state index is -0.0412. The van der Waals surface area contributed by atoms with Crippen molar-refractivity contribution >= 4 is 67.0 Å². The Balaban J connectivity index is 1.27. The Morgan fingerprint density at radius 3 is 2.69 bits per heavy atom. The van der Waals surface area contributed by atoms with Crippen LogP contribution in [0.2, 0.25) is 5.02 Å². The minimum absolute atomic E-state index is 0.0412. The summed E-state index contributed by atoms with van der Waals surface area (Å²) >= 11 is 7.60. The maximum atomic E-state index is 12.9. The molecule has 2 aromatic carbocycles. The van der Waals surface area contributed by atoms with E-state index in [1.54, 1.807) is 6.07 Å². The first kappa shape index (κ1) is 23.8. The number of fused-ring (bicyclic) bond motifs is 2. The summed E-state index contributed by atoms with van der Waals surface area (Å²) < 4.78 is 2.93. The van der Waals surface area contributed by atoms with Gasteiger partial charge in [0.1, 0.15) is 0 Å². The monoisotopic (exact) mass is 509 g/mol. The number of hydrogen-bond donors (Lipinski definition) is 1. The molecule has 0 radical (unpaired) electrons. The number of nitrogens with zero attached hydrogens (tertiary/aromatic N) is 4. The number of thiazole rings is 1. The molecule has 0 aliphatic heterocycles. The van der Waals surface area contributed by atoms with Crippen molar-refractivity contribution in [2.45, 2.75) is 51.0 Å². The van der Waals surface area contributed by atoms with Gasteiger partial charge in [-0.1, -0.05) is 42.2 Å². The van der Waals surface area contributed by atoms with Crippen LogP contribution in [0.5, 0.6) is 0 Å². The third-order valence-electron chi connectivity index (χ3n) is 6.85. The molecule has 4 aromatic rings. The average Bonchev–Trinajstić information content (AvgIpc) is 3.41. The highest BCUT2D eigenvalue weighted by atomic mass is 35.5. The van der Waals surface area contributed by atoms with E-state index in [1.807, 2.05) is 53.9 Å². The third kappa shape index (κ3) is 5.04. The number of ketones is 1. The van der Waals surface area contributed by atoms with E-state index in [0.29, 0.717) is 22.6 Å². The summed E-state index contributed by atoms with van der Waals surface area (Å²) in [6, 6.07) is 11.4. The molecule has 2 aromatic heterocycles. The summed E-state index contributed by atoms with van der Waals surface area (Å²) in [5, 5.41) is 4.68. The first-order chi connectivity index (χ1) is 16.9. The van der Waals surface area contributed by atoms with Gasteiger partial charge in [-0.2, -0.15) is 0 Å². The van der Waals surface area contributed by atoms with Crippen molar-refractivity contribution in [3.63, 3.8) is 0 Å². The zero-order chi connectivity index (χ0) is 24.5. The number of imidazole rings is 1. The largest absolute Gasteiger partial charge is 0.343 e. The second-order valence-corrected chi connectivity index (χ2v) is 10.6. The normalized spacial score (nSPS) is 14.5. The molecule has 1 saturated carbocycles. The Kier molecular flexibility index (Phi) is 6.75. The molecule has 1 aliphatic rings. The molecule has 0 spiro atoms. The number of anilines is 2. The van der Waals surface area contributed by atoms with Gasteiger partial charge in [-0.15, -0.1) is 0 Å². The topological polar surface area (TPSA) is 80.1 Å². The summed E-state index contributed by atoms with van der Waals surface area (Å²) in [5.41, 5.74) is 3.07. The number of amides is 1. The number of benzene rings is 2. The van der Waals surface area contributed by atoms with Crippen LogP contribution in [0.25, 0.3) is 21.3 Å². The number of aromatic nitrogens is 3. The molecular weight excluding hydrogens is 482 g/mol. The highest BCUT2D eigenvalue weighted by Gasteiger charge is 2.22.